The molecule has 1 aliphatic carbocycles. The summed E-state index contributed by atoms with van der Waals surface area (Å²) in [5.74, 6) is 2.45. The standard InChI is InChI=1S/C15H22BrNO/c1-11(2)8-17-9-13-5-6-15(14(16)7-13)18-10-12-3-4-12/h5-7,11-12,17H,3-4,8-10H2,1-2H3. The van der Waals surface area contributed by atoms with E-state index in [9.17, 15) is 0 Å². The average Bonchev–Trinajstić information content (AvgIpc) is 3.11. The third-order valence-corrected chi connectivity index (χ3v) is 3.67. The van der Waals surface area contributed by atoms with Crippen molar-refractivity contribution in [3.63, 3.8) is 0 Å². The Morgan fingerprint density at radius 3 is 2.78 bits per heavy atom. The van der Waals surface area contributed by atoms with E-state index in [0.29, 0.717) is 5.92 Å². The van der Waals surface area contributed by atoms with Crippen LogP contribution in [0.1, 0.15) is 32.3 Å². The number of ether oxygens (including phenoxy) is 1. The van der Waals surface area contributed by atoms with Gasteiger partial charge in [0.1, 0.15) is 5.75 Å². The Labute approximate surface area is 118 Å². The minimum absolute atomic E-state index is 0.689. The second-order valence-corrected chi connectivity index (χ2v) is 6.40. The molecule has 0 radical (unpaired) electrons. The van der Waals surface area contributed by atoms with Crippen LogP contribution >= 0.6 is 15.9 Å². The number of nitrogens with one attached hydrogen (secondary N) is 1. The van der Waals surface area contributed by atoms with Crippen molar-refractivity contribution in [1.29, 1.82) is 0 Å². The maximum Gasteiger partial charge on any atom is 0.133 e. The molecular formula is C15H22BrNO. The summed E-state index contributed by atoms with van der Waals surface area (Å²) in [4.78, 5) is 0. The summed E-state index contributed by atoms with van der Waals surface area (Å²) in [5.41, 5.74) is 1.29. The van der Waals surface area contributed by atoms with Gasteiger partial charge in [-0.05, 0) is 64.8 Å². The van der Waals surface area contributed by atoms with Gasteiger partial charge in [-0.1, -0.05) is 19.9 Å². The summed E-state index contributed by atoms with van der Waals surface area (Å²) in [6, 6.07) is 6.36. The number of halogens is 1. The van der Waals surface area contributed by atoms with Gasteiger partial charge in [-0.25, -0.2) is 0 Å². The predicted molar refractivity (Wildman–Crippen MR) is 78.9 cm³/mol. The van der Waals surface area contributed by atoms with Crippen LogP contribution in [0.25, 0.3) is 0 Å². The average molecular weight is 312 g/mol. The molecule has 0 atom stereocenters. The number of rotatable bonds is 7. The zero-order valence-corrected chi connectivity index (χ0v) is 12.8. The van der Waals surface area contributed by atoms with Crippen LogP contribution in [0.2, 0.25) is 0 Å². The van der Waals surface area contributed by atoms with E-state index < -0.39 is 0 Å². The van der Waals surface area contributed by atoms with Gasteiger partial charge in [0.2, 0.25) is 0 Å². The zero-order chi connectivity index (χ0) is 13.0. The molecule has 0 unspecified atom stereocenters. The molecule has 1 N–H and O–H groups in total. The lowest BCUT2D eigenvalue weighted by atomic mass is 10.2. The molecule has 0 amide bonds. The van der Waals surface area contributed by atoms with Crippen molar-refractivity contribution in [2.45, 2.75) is 33.2 Å². The van der Waals surface area contributed by atoms with E-state index in [1.165, 1.54) is 18.4 Å². The van der Waals surface area contributed by atoms with Crippen LogP contribution in [0, 0.1) is 11.8 Å². The first kappa shape index (κ1) is 13.9. The highest BCUT2D eigenvalue weighted by Gasteiger charge is 2.22. The molecule has 0 saturated heterocycles. The van der Waals surface area contributed by atoms with E-state index in [0.717, 1.165) is 35.8 Å². The minimum atomic E-state index is 0.689. The van der Waals surface area contributed by atoms with Crippen molar-refractivity contribution in [1.82, 2.24) is 5.32 Å². The lowest BCUT2D eigenvalue weighted by Gasteiger charge is -2.11. The molecule has 1 aliphatic rings. The topological polar surface area (TPSA) is 21.3 Å². The molecule has 0 spiro atoms. The molecule has 2 rings (SSSR count). The lowest BCUT2D eigenvalue weighted by molar-refractivity contribution is 0.298. The van der Waals surface area contributed by atoms with Gasteiger partial charge in [-0.2, -0.15) is 0 Å². The second-order valence-electron chi connectivity index (χ2n) is 5.54. The normalized spacial score (nSPS) is 15.1. The molecular weight excluding hydrogens is 290 g/mol. The van der Waals surface area contributed by atoms with Crippen molar-refractivity contribution >= 4 is 15.9 Å². The fraction of sp³-hybridized carbons (Fsp3) is 0.600. The molecule has 1 aromatic rings. The summed E-state index contributed by atoms with van der Waals surface area (Å²) < 4.78 is 6.85. The highest BCUT2D eigenvalue weighted by atomic mass is 79.9. The van der Waals surface area contributed by atoms with Gasteiger partial charge < -0.3 is 10.1 Å². The van der Waals surface area contributed by atoms with E-state index in [-0.39, 0.29) is 0 Å². The van der Waals surface area contributed by atoms with Gasteiger partial charge in [0.15, 0.2) is 0 Å². The van der Waals surface area contributed by atoms with Crippen LogP contribution in [0.3, 0.4) is 0 Å². The first-order valence-electron chi connectivity index (χ1n) is 6.77. The summed E-state index contributed by atoms with van der Waals surface area (Å²) in [6.07, 6.45) is 2.66. The first-order valence-corrected chi connectivity index (χ1v) is 7.56. The summed E-state index contributed by atoms with van der Waals surface area (Å²) in [7, 11) is 0. The Hall–Kier alpha value is -0.540. The van der Waals surface area contributed by atoms with Crippen molar-refractivity contribution in [3.05, 3.63) is 28.2 Å². The molecule has 0 aromatic heterocycles. The molecule has 1 aromatic carbocycles. The summed E-state index contributed by atoms with van der Waals surface area (Å²) >= 11 is 3.59. The predicted octanol–water partition coefficient (Wildman–Crippen LogP) is 3.98. The maximum absolute atomic E-state index is 5.79. The van der Waals surface area contributed by atoms with Crippen LogP contribution in [-0.4, -0.2) is 13.2 Å². The van der Waals surface area contributed by atoms with Crippen LogP contribution in [0.4, 0.5) is 0 Å². The lowest BCUT2D eigenvalue weighted by Crippen LogP contribution is -2.18. The Morgan fingerprint density at radius 1 is 1.39 bits per heavy atom. The molecule has 18 heavy (non-hydrogen) atoms. The van der Waals surface area contributed by atoms with Gasteiger partial charge in [0, 0.05) is 6.54 Å². The van der Waals surface area contributed by atoms with Gasteiger partial charge in [0.25, 0.3) is 0 Å². The highest BCUT2D eigenvalue weighted by Crippen LogP contribution is 2.32. The summed E-state index contributed by atoms with van der Waals surface area (Å²) in [5, 5.41) is 3.45. The minimum Gasteiger partial charge on any atom is -0.492 e. The smallest absolute Gasteiger partial charge is 0.133 e. The van der Waals surface area contributed by atoms with E-state index in [1.807, 2.05) is 0 Å². The number of benzene rings is 1. The quantitative estimate of drug-likeness (QED) is 0.822. The monoisotopic (exact) mass is 311 g/mol. The zero-order valence-electron chi connectivity index (χ0n) is 11.2. The molecule has 0 bridgehead atoms. The number of hydrogen-bond donors (Lipinski definition) is 1. The highest BCUT2D eigenvalue weighted by molar-refractivity contribution is 9.10. The molecule has 100 valence electrons. The SMILES string of the molecule is CC(C)CNCc1ccc(OCC2CC2)c(Br)c1. The Kier molecular flexibility index (Phi) is 5.07. The Morgan fingerprint density at radius 2 is 2.17 bits per heavy atom. The third-order valence-electron chi connectivity index (χ3n) is 3.05. The molecule has 0 aliphatic heterocycles. The van der Waals surface area contributed by atoms with Gasteiger partial charge in [-0.3, -0.25) is 0 Å². The van der Waals surface area contributed by atoms with Gasteiger partial charge >= 0.3 is 0 Å². The fourth-order valence-electron chi connectivity index (χ4n) is 1.77. The second kappa shape index (κ2) is 6.58. The van der Waals surface area contributed by atoms with Crippen molar-refractivity contribution in [2.75, 3.05) is 13.2 Å². The van der Waals surface area contributed by atoms with Crippen molar-refractivity contribution in [3.8, 4) is 5.75 Å². The van der Waals surface area contributed by atoms with Crippen LogP contribution in [0.15, 0.2) is 22.7 Å². The first-order chi connectivity index (χ1) is 8.65. The maximum atomic E-state index is 5.79. The van der Waals surface area contributed by atoms with Crippen molar-refractivity contribution in [2.24, 2.45) is 11.8 Å². The Balaban J connectivity index is 1.83. The van der Waals surface area contributed by atoms with E-state index in [4.69, 9.17) is 4.74 Å². The van der Waals surface area contributed by atoms with Crippen LogP contribution < -0.4 is 10.1 Å². The fourth-order valence-corrected chi connectivity index (χ4v) is 2.31. The van der Waals surface area contributed by atoms with E-state index in [2.05, 4.69) is 53.3 Å². The molecule has 2 nitrogen and oxygen atoms in total. The third kappa shape index (κ3) is 4.62. The van der Waals surface area contributed by atoms with E-state index in [1.54, 1.807) is 0 Å². The molecule has 1 saturated carbocycles. The van der Waals surface area contributed by atoms with Crippen LogP contribution in [0.5, 0.6) is 5.75 Å². The number of hydrogen-bond acceptors (Lipinski definition) is 2. The van der Waals surface area contributed by atoms with Crippen molar-refractivity contribution < 1.29 is 4.74 Å². The van der Waals surface area contributed by atoms with Gasteiger partial charge in [0.05, 0.1) is 11.1 Å². The summed E-state index contributed by atoms with van der Waals surface area (Å²) in [6.45, 7) is 7.27. The molecule has 3 heteroatoms. The largest absolute Gasteiger partial charge is 0.492 e. The Bertz CT molecular complexity index is 388. The van der Waals surface area contributed by atoms with Gasteiger partial charge in [-0.15, -0.1) is 0 Å². The molecule has 0 heterocycles. The molecule has 1 fully saturated rings. The van der Waals surface area contributed by atoms with E-state index >= 15 is 0 Å². The van der Waals surface area contributed by atoms with Crippen LogP contribution in [-0.2, 0) is 6.54 Å².